The quantitative estimate of drug-likeness (QED) is 0.322. The summed E-state index contributed by atoms with van der Waals surface area (Å²) in [5.74, 6) is 0.814. The fourth-order valence-corrected chi connectivity index (χ4v) is 2.42. The number of rotatable bonds is 9. The third-order valence-electron chi connectivity index (χ3n) is 3.98. The first kappa shape index (κ1) is 20.7. The molecule has 24 heavy (non-hydrogen) atoms. The largest absolute Gasteiger partial charge is 0.379 e. The fraction of sp³-hybridized carbons (Fsp3) is 0.882. The second-order valence-electron chi connectivity index (χ2n) is 6.67. The molecule has 1 amide bonds. The average Bonchev–Trinajstić information content (AvgIpc) is 2.57. The normalized spacial score (nSPS) is 16.8. The number of carbonyl (C=O) groups excluding carboxylic acids is 1. The minimum absolute atomic E-state index is 0.0388. The number of aliphatic imine (C=N–C) groups is 1. The molecule has 0 saturated carbocycles. The molecule has 7 heteroatoms. The van der Waals surface area contributed by atoms with E-state index in [2.05, 4.69) is 25.8 Å². The van der Waals surface area contributed by atoms with Crippen molar-refractivity contribution in [1.82, 2.24) is 20.9 Å². The van der Waals surface area contributed by atoms with E-state index in [9.17, 15) is 4.79 Å². The fourth-order valence-electron chi connectivity index (χ4n) is 2.42. The van der Waals surface area contributed by atoms with Gasteiger partial charge >= 0.3 is 0 Å². The molecule has 0 bridgehead atoms. The van der Waals surface area contributed by atoms with Crippen LogP contribution in [0.4, 0.5) is 0 Å². The number of nitrogens with zero attached hydrogens (tertiary/aromatic N) is 2. The molecule has 0 aliphatic carbocycles. The summed E-state index contributed by atoms with van der Waals surface area (Å²) in [4.78, 5) is 19.0. The summed E-state index contributed by atoms with van der Waals surface area (Å²) < 4.78 is 5.36. The Balaban J connectivity index is 2.37. The highest BCUT2D eigenvalue weighted by molar-refractivity contribution is 5.83. The first-order valence-corrected chi connectivity index (χ1v) is 9.10. The number of carbonyl (C=O) groups is 1. The summed E-state index contributed by atoms with van der Waals surface area (Å²) in [6, 6.07) is 0. The van der Waals surface area contributed by atoms with E-state index in [0.29, 0.717) is 13.1 Å². The Morgan fingerprint density at radius 1 is 1.12 bits per heavy atom. The van der Waals surface area contributed by atoms with Crippen molar-refractivity contribution in [2.24, 2.45) is 10.4 Å². The molecule has 1 saturated heterocycles. The number of morpholine rings is 1. The molecular weight excluding hydrogens is 306 g/mol. The van der Waals surface area contributed by atoms with Crippen LogP contribution in [0.1, 0.15) is 34.1 Å². The molecule has 3 N–H and O–H groups in total. The maximum atomic E-state index is 12.0. The number of guanidine groups is 1. The molecule has 1 aliphatic rings. The molecule has 0 aromatic heterocycles. The summed E-state index contributed by atoms with van der Waals surface area (Å²) in [5, 5.41) is 9.46. The Morgan fingerprint density at radius 3 is 2.42 bits per heavy atom. The van der Waals surface area contributed by atoms with E-state index in [-0.39, 0.29) is 5.91 Å². The standard InChI is InChI=1S/C17H35N5O2/c1-5-18-15(23)17(3,4)14-21-16(19-6-2)20-8-7-9-22-10-12-24-13-11-22/h5-14H2,1-4H3,(H,18,23)(H2,19,20,21). The van der Waals surface area contributed by atoms with E-state index in [0.717, 1.165) is 58.3 Å². The van der Waals surface area contributed by atoms with Crippen LogP contribution in [-0.4, -0.2) is 75.8 Å². The number of amides is 1. The van der Waals surface area contributed by atoms with Crippen molar-refractivity contribution < 1.29 is 9.53 Å². The van der Waals surface area contributed by atoms with Crippen molar-refractivity contribution >= 4 is 11.9 Å². The molecule has 0 aromatic rings. The maximum Gasteiger partial charge on any atom is 0.227 e. The van der Waals surface area contributed by atoms with Gasteiger partial charge in [0.1, 0.15) is 0 Å². The summed E-state index contributed by atoms with van der Waals surface area (Å²) in [5.41, 5.74) is -0.508. The lowest BCUT2D eigenvalue weighted by molar-refractivity contribution is -0.128. The van der Waals surface area contributed by atoms with Gasteiger partial charge in [-0.15, -0.1) is 0 Å². The van der Waals surface area contributed by atoms with Crippen molar-refractivity contribution in [3.63, 3.8) is 0 Å². The van der Waals surface area contributed by atoms with Crippen LogP contribution in [-0.2, 0) is 9.53 Å². The van der Waals surface area contributed by atoms with Crippen LogP contribution < -0.4 is 16.0 Å². The first-order valence-electron chi connectivity index (χ1n) is 9.10. The molecule has 1 rings (SSSR count). The highest BCUT2D eigenvalue weighted by atomic mass is 16.5. The van der Waals surface area contributed by atoms with Gasteiger partial charge in [-0.05, 0) is 40.7 Å². The zero-order valence-corrected chi connectivity index (χ0v) is 15.8. The molecule has 0 atom stereocenters. The maximum absolute atomic E-state index is 12.0. The Kier molecular flexibility index (Phi) is 9.71. The minimum Gasteiger partial charge on any atom is -0.379 e. The van der Waals surface area contributed by atoms with E-state index in [1.165, 1.54) is 0 Å². The Labute approximate surface area is 146 Å². The Morgan fingerprint density at radius 2 is 1.79 bits per heavy atom. The van der Waals surface area contributed by atoms with Gasteiger partial charge in [-0.2, -0.15) is 0 Å². The van der Waals surface area contributed by atoms with Gasteiger partial charge in [0.25, 0.3) is 0 Å². The van der Waals surface area contributed by atoms with Crippen LogP contribution in [0.2, 0.25) is 0 Å². The molecule has 0 radical (unpaired) electrons. The van der Waals surface area contributed by atoms with Gasteiger partial charge in [0, 0.05) is 32.7 Å². The molecule has 0 unspecified atom stereocenters. The third-order valence-corrected chi connectivity index (χ3v) is 3.98. The minimum atomic E-state index is -0.508. The lowest BCUT2D eigenvalue weighted by Crippen LogP contribution is -2.42. The van der Waals surface area contributed by atoms with Gasteiger partial charge in [-0.3, -0.25) is 14.7 Å². The second kappa shape index (κ2) is 11.3. The predicted molar refractivity (Wildman–Crippen MR) is 98.3 cm³/mol. The SMILES string of the molecule is CCNC(=O)C(C)(C)CN=C(NCC)NCCCN1CCOCC1. The van der Waals surface area contributed by atoms with Crippen molar-refractivity contribution in [1.29, 1.82) is 0 Å². The topological polar surface area (TPSA) is 78.0 Å². The van der Waals surface area contributed by atoms with Crippen LogP contribution in [0.3, 0.4) is 0 Å². The lowest BCUT2D eigenvalue weighted by Gasteiger charge is -2.26. The highest BCUT2D eigenvalue weighted by Crippen LogP contribution is 2.15. The number of nitrogens with one attached hydrogen (secondary N) is 3. The molecule has 0 spiro atoms. The van der Waals surface area contributed by atoms with Crippen LogP contribution in [0.25, 0.3) is 0 Å². The van der Waals surface area contributed by atoms with Crippen molar-refractivity contribution in [2.45, 2.75) is 34.1 Å². The molecule has 1 aliphatic heterocycles. The summed E-state index contributed by atoms with van der Waals surface area (Å²) in [7, 11) is 0. The smallest absolute Gasteiger partial charge is 0.227 e. The van der Waals surface area contributed by atoms with E-state index in [1.54, 1.807) is 0 Å². The summed E-state index contributed by atoms with van der Waals surface area (Å²) in [6.07, 6.45) is 1.06. The van der Waals surface area contributed by atoms with Gasteiger partial charge in [-0.1, -0.05) is 0 Å². The third kappa shape index (κ3) is 7.97. The molecule has 1 fully saturated rings. The Hall–Kier alpha value is -1.34. The van der Waals surface area contributed by atoms with Crippen LogP contribution in [0.15, 0.2) is 4.99 Å². The molecular formula is C17H35N5O2. The zero-order chi connectivity index (χ0) is 17.8. The summed E-state index contributed by atoms with van der Waals surface area (Å²) in [6.45, 7) is 15.4. The van der Waals surface area contributed by atoms with Gasteiger partial charge in [0.05, 0.1) is 25.2 Å². The van der Waals surface area contributed by atoms with Gasteiger partial charge in [0.15, 0.2) is 5.96 Å². The van der Waals surface area contributed by atoms with E-state index < -0.39 is 5.41 Å². The molecule has 1 heterocycles. The zero-order valence-electron chi connectivity index (χ0n) is 15.8. The van der Waals surface area contributed by atoms with Gasteiger partial charge in [-0.25, -0.2) is 0 Å². The lowest BCUT2D eigenvalue weighted by atomic mass is 9.92. The van der Waals surface area contributed by atoms with E-state index in [1.807, 2.05) is 27.7 Å². The van der Waals surface area contributed by atoms with Crippen molar-refractivity contribution in [3.8, 4) is 0 Å². The van der Waals surface area contributed by atoms with Crippen molar-refractivity contribution in [2.75, 3.05) is 59.0 Å². The highest BCUT2D eigenvalue weighted by Gasteiger charge is 2.26. The first-order chi connectivity index (χ1) is 11.5. The van der Waals surface area contributed by atoms with Gasteiger partial charge < -0.3 is 20.7 Å². The predicted octanol–water partition coefficient (Wildman–Crippen LogP) is 0.426. The average molecular weight is 342 g/mol. The van der Waals surface area contributed by atoms with Crippen LogP contribution in [0, 0.1) is 5.41 Å². The van der Waals surface area contributed by atoms with E-state index in [4.69, 9.17) is 4.74 Å². The number of hydrogen-bond donors (Lipinski definition) is 3. The van der Waals surface area contributed by atoms with E-state index >= 15 is 0 Å². The number of ether oxygens (including phenoxy) is 1. The molecule has 0 aromatic carbocycles. The summed E-state index contributed by atoms with van der Waals surface area (Å²) >= 11 is 0. The second-order valence-corrected chi connectivity index (χ2v) is 6.67. The Bertz CT molecular complexity index is 392. The van der Waals surface area contributed by atoms with Gasteiger partial charge in [0.2, 0.25) is 5.91 Å². The molecule has 140 valence electrons. The molecule has 7 nitrogen and oxygen atoms in total. The monoisotopic (exact) mass is 341 g/mol. The van der Waals surface area contributed by atoms with Crippen molar-refractivity contribution in [3.05, 3.63) is 0 Å². The van der Waals surface area contributed by atoms with Crippen LogP contribution in [0.5, 0.6) is 0 Å². The van der Waals surface area contributed by atoms with Crippen LogP contribution >= 0.6 is 0 Å². The number of hydrogen-bond acceptors (Lipinski definition) is 4.